The van der Waals surface area contributed by atoms with E-state index in [1.54, 1.807) is 29.1 Å². The molecule has 0 aliphatic carbocycles. The first-order valence-electron chi connectivity index (χ1n) is 12.2. The molecule has 0 bridgehead atoms. The number of hydrogen-bond acceptors (Lipinski definition) is 9. The van der Waals surface area contributed by atoms with Crippen LogP contribution in [0.4, 0.5) is 16.0 Å². The van der Waals surface area contributed by atoms with E-state index in [-0.39, 0.29) is 18.3 Å². The SMILES string of the molecule is NC(=O)COc1ccc(N2CCN(CCn3ncc4c3nc(N)n3nc(-c5ccco5)cc43)CC2)c(F)c1. The highest BCUT2D eigenvalue weighted by atomic mass is 19.1. The zero-order valence-corrected chi connectivity index (χ0v) is 20.5. The molecule has 38 heavy (non-hydrogen) atoms. The predicted octanol–water partition coefficient (Wildman–Crippen LogP) is 1.75. The van der Waals surface area contributed by atoms with Crippen molar-refractivity contribution >= 4 is 34.1 Å². The van der Waals surface area contributed by atoms with Crippen LogP contribution in [0.5, 0.6) is 5.75 Å². The lowest BCUT2D eigenvalue weighted by atomic mass is 10.2. The van der Waals surface area contributed by atoms with Crippen LogP contribution in [0.2, 0.25) is 0 Å². The van der Waals surface area contributed by atoms with Crippen molar-refractivity contribution in [3.05, 3.63) is 54.7 Å². The summed E-state index contributed by atoms with van der Waals surface area (Å²) in [4.78, 5) is 19.7. The number of amides is 1. The van der Waals surface area contributed by atoms with Crippen LogP contribution in [0.15, 0.2) is 53.3 Å². The van der Waals surface area contributed by atoms with Gasteiger partial charge < -0.3 is 25.5 Å². The van der Waals surface area contributed by atoms with E-state index in [1.807, 2.05) is 27.8 Å². The van der Waals surface area contributed by atoms with Crippen LogP contribution >= 0.6 is 0 Å². The molecule has 1 aromatic carbocycles. The monoisotopic (exact) mass is 519 g/mol. The van der Waals surface area contributed by atoms with Crippen LogP contribution in [-0.2, 0) is 11.3 Å². The van der Waals surface area contributed by atoms with Crippen LogP contribution in [-0.4, -0.2) is 74.5 Å². The van der Waals surface area contributed by atoms with E-state index < -0.39 is 11.7 Å². The number of carbonyl (C=O) groups is 1. The summed E-state index contributed by atoms with van der Waals surface area (Å²) >= 11 is 0. The molecule has 4 aromatic heterocycles. The normalized spacial score (nSPS) is 14.5. The number of hydrogen-bond donors (Lipinski definition) is 2. The van der Waals surface area contributed by atoms with Gasteiger partial charge in [0.2, 0.25) is 5.95 Å². The third-order valence-corrected chi connectivity index (χ3v) is 6.65. The number of nitrogens with two attached hydrogens (primary N) is 2. The number of primary amides is 1. The van der Waals surface area contributed by atoms with Gasteiger partial charge in [-0.1, -0.05) is 0 Å². The maximum atomic E-state index is 14.7. The molecule has 13 heteroatoms. The van der Waals surface area contributed by atoms with Crippen molar-refractivity contribution in [2.75, 3.05) is 50.0 Å². The van der Waals surface area contributed by atoms with Crippen molar-refractivity contribution in [1.82, 2.24) is 29.3 Å². The minimum Gasteiger partial charge on any atom is -0.484 e. The quantitative estimate of drug-likeness (QED) is 0.313. The van der Waals surface area contributed by atoms with Crippen LogP contribution in [0.3, 0.4) is 0 Å². The molecule has 1 saturated heterocycles. The highest BCUT2D eigenvalue weighted by Crippen LogP contribution is 2.27. The lowest BCUT2D eigenvalue weighted by Gasteiger charge is -2.36. The number of ether oxygens (including phenoxy) is 1. The van der Waals surface area contributed by atoms with Gasteiger partial charge in [0, 0.05) is 38.8 Å². The highest BCUT2D eigenvalue weighted by molar-refractivity contribution is 5.93. The summed E-state index contributed by atoms with van der Waals surface area (Å²) in [5.74, 6) is 0.194. The Labute approximate surface area is 216 Å². The number of carbonyl (C=O) groups excluding carboxylic acids is 1. The molecule has 0 spiro atoms. The molecular weight excluding hydrogens is 493 g/mol. The molecule has 1 aliphatic heterocycles. The summed E-state index contributed by atoms with van der Waals surface area (Å²) in [6, 6.07) is 10.2. The number of rotatable bonds is 8. The van der Waals surface area contributed by atoms with Crippen molar-refractivity contribution < 1.29 is 18.3 Å². The van der Waals surface area contributed by atoms with Crippen LogP contribution in [0.25, 0.3) is 28.0 Å². The number of piperazine rings is 1. The van der Waals surface area contributed by atoms with Gasteiger partial charge in [0.05, 0.1) is 35.6 Å². The zero-order chi connectivity index (χ0) is 26.2. The molecule has 1 fully saturated rings. The Morgan fingerprint density at radius 3 is 2.71 bits per heavy atom. The topological polar surface area (TPSA) is 146 Å². The van der Waals surface area contributed by atoms with Gasteiger partial charge in [-0.25, -0.2) is 9.07 Å². The lowest BCUT2D eigenvalue weighted by Crippen LogP contribution is -2.47. The van der Waals surface area contributed by atoms with E-state index in [1.165, 1.54) is 6.07 Å². The second kappa shape index (κ2) is 9.67. The second-order valence-corrected chi connectivity index (χ2v) is 9.08. The Hall–Kier alpha value is -4.65. The predicted molar refractivity (Wildman–Crippen MR) is 138 cm³/mol. The van der Waals surface area contributed by atoms with E-state index in [2.05, 4.69) is 20.1 Å². The molecule has 0 saturated carbocycles. The average molecular weight is 520 g/mol. The van der Waals surface area contributed by atoms with Gasteiger partial charge in [0.25, 0.3) is 5.91 Å². The third kappa shape index (κ3) is 4.47. The minimum absolute atomic E-state index is 0.272. The molecule has 0 radical (unpaired) electrons. The number of halogens is 1. The van der Waals surface area contributed by atoms with Gasteiger partial charge >= 0.3 is 0 Å². The second-order valence-electron chi connectivity index (χ2n) is 9.08. The third-order valence-electron chi connectivity index (χ3n) is 6.65. The number of anilines is 2. The lowest BCUT2D eigenvalue weighted by molar-refractivity contribution is -0.119. The van der Waals surface area contributed by atoms with Crippen molar-refractivity contribution in [1.29, 1.82) is 0 Å². The fourth-order valence-electron chi connectivity index (χ4n) is 4.73. The van der Waals surface area contributed by atoms with Gasteiger partial charge in [0.1, 0.15) is 17.3 Å². The fourth-order valence-corrected chi connectivity index (χ4v) is 4.73. The number of nitrogen functional groups attached to an aromatic ring is 1. The summed E-state index contributed by atoms with van der Waals surface area (Å²) in [5.41, 5.74) is 14.0. The van der Waals surface area contributed by atoms with Crippen molar-refractivity contribution in [3.63, 3.8) is 0 Å². The van der Waals surface area contributed by atoms with E-state index in [9.17, 15) is 9.18 Å². The van der Waals surface area contributed by atoms with E-state index >= 15 is 0 Å². The first-order chi connectivity index (χ1) is 18.5. The van der Waals surface area contributed by atoms with Crippen molar-refractivity contribution in [2.24, 2.45) is 5.73 Å². The summed E-state index contributed by atoms with van der Waals surface area (Å²) in [7, 11) is 0. The summed E-state index contributed by atoms with van der Waals surface area (Å²) in [6.45, 7) is 4.00. The molecule has 0 unspecified atom stereocenters. The molecule has 1 aliphatic rings. The molecular formula is C25H26FN9O3. The van der Waals surface area contributed by atoms with Crippen LogP contribution < -0.4 is 21.1 Å². The first-order valence-corrected chi connectivity index (χ1v) is 12.2. The summed E-state index contributed by atoms with van der Waals surface area (Å²) in [5, 5.41) is 9.94. The molecule has 5 aromatic rings. The average Bonchev–Trinajstić information content (AvgIpc) is 3.66. The largest absolute Gasteiger partial charge is 0.484 e. The molecule has 0 atom stereocenters. The van der Waals surface area contributed by atoms with Crippen LogP contribution in [0, 0.1) is 5.82 Å². The molecule has 12 nitrogen and oxygen atoms in total. The smallest absolute Gasteiger partial charge is 0.255 e. The van der Waals surface area contributed by atoms with Gasteiger partial charge in [-0.2, -0.15) is 19.7 Å². The van der Waals surface area contributed by atoms with Gasteiger partial charge in [-0.05, 0) is 30.3 Å². The molecule has 5 heterocycles. The molecule has 4 N–H and O–H groups in total. The Morgan fingerprint density at radius 1 is 1.13 bits per heavy atom. The van der Waals surface area contributed by atoms with Crippen molar-refractivity contribution in [3.8, 4) is 17.2 Å². The Morgan fingerprint density at radius 2 is 1.97 bits per heavy atom. The summed E-state index contributed by atoms with van der Waals surface area (Å²) in [6.07, 6.45) is 3.38. The Bertz CT molecular complexity index is 1600. The zero-order valence-electron chi connectivity index (χ0n) is 20.5. The molecule has 1 amide bonds. The minimum atomic E-state index is -0.609. The highest BCUT2D eigenvalue weighted by Gasteiger charge is 2.21. The van der Waals surface area contributed by atoms with E-state index in [0.717, 1.165) is 30.5 Å². The van der Waals surface area contributed by atoms with Crippen molar-refractivity contribution in [2.45, 2.75) is 6.54 Å². The standard InChI is InChI=1S/C25H26FN9O3/c26-18-12-16(38-15-23(27)36)3-4-20(18)33-8-5-32(6-9-33)7-10-34-24-17(14-29-34)21-13-19(22-2-1-11-37-22)31-35(21)25(28)30-24/h1-4,11-14H,5-10,15H2,(H2,27,36)(H2,28,30). The van der Waals surface area contributed by atoms with E-state index in [4.69, 9.17) is 20.6 Å². The first kappa shape index (κ1) is 23.7. The Balaban J connectivity index is 1.10. The van der Waals surface area contributed by atoms with Crippen LogP contribution in [0.1, 0.15) is 0 Å². The number of nitrogens with zero attached hydrogens (tertiary/aromatic N) is 7. The number of benzene rings is 1. The van der Waals surface area contributed by atoms with Gasteiger partial charge in [-0.3, -0.25) is 9.69 Å². The molecule has 196 valence electrons. The number of furan rings is 1. The van der Waals surface area contributed by atoms with Gasteiger partial charge in [0.15, 0.2) is 18.0 Å². The maximum absolute atomic E-state index is 14.7. The fraction of sp³-hybridized carbons (Fsp3) is 0.280. The number of aromatic nitrogens is 5. The Kier molecular flexibility index (Phi) is 6.04. The summed E-state index contributed by atoms with van der Waals surface area (Å²) < 4.78 is 28.8. The van der Waals surface area contributed by atoms with Gasteiger partial charge in [-0.15, -0.1) is 0 Å². The van der Waals surface area contributed by atoms with E-state index in [0.29, 0.717) is 42.4 Å². The number of fused-ring (bicyclic) bond motifs is 3. The molecule has 6 rings (SSSR count). The maximum Gasteiger partial charge on any atom is 0.255 e.